The maximum Gasteiger partial charge on any atom is 0.157 e. The van der Waals surface area contributed by atoms with Crippen molar-refractivity contribution in [2.45, 2.75) is 12.8 Å². The first-order chi connectivity index (χ1) is 25.5. The standard InChI is InChI=1S/C29H20N3O.C17H12N.Ir/c1-19(20-9-4-2-5-10-20)29-31-18-26-27(32-29)24-14-8-13-23(28(24)33-26)25-17-22(15-16-30-25)21-11-6-3-7-12-21;1-2-7-14(8-3-1)15-9-6-10-16(13-15)17-11-4-5-12-18-17;/h2-12,14-19H,1H3;1-9,11-13H;/q2*-1;/i19D;;. The average Bonchev–Trinajstić information content (AvgIpc) is 3.61. The Morgan fingerprint density at radius 1 is 0.615 bits per heavy atom. The Morgan fingerprint density at radius 2 is 1.27 bits per heavy atom. The molecule has 0 amide bonds. The first kappa shape index (κ1) is 33.1. The van der Waals surface area contributed by atoms with Gasteiger partial charge in [0.25, 0.3) is 0 Å². The van der Waals surface area contributed by atoms with Gasteiger partial charge in [-0.15, -0.1) is 53.6 Å². The summed E-state index contributed by atoms with van der Waals surface area (Å²) in [6.07, 6.45) is 5.26. The van der Waals surface area contributed by atoms with Crippen LogP contribution in [0.2, 0.25) is 0 Å². The molecule has 0 fully saturated rings. The van der Waals surface area contributed by atoms with E-state index >= 15 is 0 Å². The molecule has 0 aliphatic carbocycles. The molecule has 1 unspecified atom stereocenters. The molecule has 6 heteroatoms. The number of rotatable bonds is 6. The van der Waals surface area contributed by atoms with Crippen LogP contribution < -0.4 is 0 Å². The van der Waals surface area contributed by atoms with Crippen LogP contribution >= 0.6 is 0 Å². The fourth-order valence-electron chi connectivity index (χ4n) is 6.04. The minimum atomic E-state index is -1.09. The second-order valence-electron chi connectivity index (χ2n) is 12.0. The third-order valence-corrected chi connectivity index (χ3v) is 8.69. The molecule has 4 heterocycles. The number of pyridine rings is 2. The summed E-state index contributed by atoms with van der Waals surface area (Å²) in [5.74, 6) is -0.665. The average molecular weight is 850 g/mol. The van der Waals surface area contributed by atoms with Crippen LogP contribution in [0.15, 0.2) is 175 Å². The predicted molar refractivity (Wildman–Crippen MR) is 205 cm³/mol. The van der Waals surface area contributed by atoms with E-state index in [0.717, 1.165) is 44.6 Å². The molecule has 52 heavy (non-hydrogen) atoms. The Bertz CT molecular complexity index is 2540. The number of benzene rings is 5. The molecule has 0 aliphatic heterocycles. The Morgan fingerprint density at radius 3 is 1.98 bits per heavy atom. The molecular weight excluding hydrogens is 817 g/mol. The van der Waals surface area contributed by atoms with Gasteiger partial charge in [-0.2, -0.15) is 0 Å². The number of aromatic nitrogens is 4. The van der Waals surface area contributed by atoms with Crippen molar-refractivity contribution in [3.05, 3.63) is 194 Å². The zero-order valence-corrected chi connectivity index (χ0v) is 30.6. The first-order valence-corrected chi connectivity index (χ1v) is 16.7. The SMILES string of the molecule is [2H]C(C)(c1ccccc1)c1ncc2oc3c(-c4cc(-c5ccccc5)ccn4)[c-]ccc3c2n1.[Ir].[c-]1ccc(-c2ccccc2)cc1-c1ccccn1. The van der Waals surface area contributed by atoms with Gasteiger partial charge >= 0.3 is 0 Å². The van der Waals surface area contributed by atoms with Gasteiger partial charge in [-0.3, -0.25) is 0 Å². The van der Waals surface area contributed by atoms with Gasteiger partial charge in [0.05, 0.1) is 11.8 Å². The van der Waals surface area contributed by atoms with E-state index in [-0.39, 0.29) is 20.1 Å². The molecule has 0 N–H and O–H groups in total. The summed E-state index contributed by atoms with van der Waals surface area (Å²) in [6, 6.07) is 56.6. The molecule has 0 aliphatic rings. The minimum Gasteiger partial charge on any atom is -0.497 e. The zero-order chi connectivity index (χ0) is 35.3. The second kappa shape index (κ2) is 15.9. The summed E-state index contributed by atoms with van der Waals surface area (Å²) >= 11 is 0. The number of fused-ring (bicyclic) bond motifs is 3. The van der Waals surface area contributed by atoms with Crippen LogP contribution in [0.5, 0.6) is 0 Å². The van der Waals surface area contributed by atoms with Crippen molar-refractivity contribution >= 4 is 22.1 Å². The number of hydrogen-bond donors (Lipinski definition) is 0. The van der Waals surface area contributed by atoms with E-state index in [2.05, 4.69) is 63.5 Å². The van der Waals surface area contributed by atoms with Crippen LogP contribution in [0.3, 0.4) is 0 Å². The third-order valence-electron chi connectivity index (χ3n) is 8.69. The quantitative estimate of drug-likeness (QED) is 0.156. The van der Waals surface area contributed by atoms with Crippen LogP contribution in [0.4, 0.5) is 0 Å². The van der Waals surface area contributed by atoms with Crippen molar-refractivity contribution in [3.8, 4) is 44.8 Å². The zero-order valence-electron chi connectivity index (χ0n) is 29.2. The number of furan rings is 1. The van der Waals surface area contributed by atoms with E-state index in [1.165, 1.54) is 11.1 Å². The maximum absolute atomic E-state index is 8.96. The van der Waals surface area contributed by atoms with Gasteiger partial charge in [-0.05, 0) is 51.2 Å². The molecule has 0 saturated carbocycles. The topological polar surface area (TPSA) is 64.7 Å². The van der Waals surface area contributed by atoms with Gasteiger partial charge in [0.15, 0.2) is 5.58 Å². The molecule has 253 valence electrons. The van der Waals surface area contributed by atoms with Gasteiger partial charge in [-0.1, -0.05) is 122 Å². The van der Waals surface area contributed by atoms with Crippen LogP contribution in [-0.2, 0) is 20.1 Å². The molecule has 1 atom stereocenters. The summed E-state index contributed by atoms with van der Waals surface area (Å²) in [5.41, 5.74) is 10.9. The van der Waals surface area contributed by atoms with E-state index in [4.69, 9.17) is 10.8 Å². The Balaban J connectivity index is 0.000000194. The van der Waals surface area contributed by atoms with E-state index in [1.807, 2.05) is 122 Å². The van der Waals surface area contributed by atoms with E-state index in [9.17, 15) is 0 Å². The molecular formula is C46H32IrN4O-2. The minimum absolute atomic E-state index is 0. The molecule has 1 radical (unpaired) electrons. The van der Waals surface area contributed by atoms with Crippen LogP contribution in [0.1, 0.15) is 25.6 Å². The summed E-state index contributed by atoms with van der Waals surface area (Å²) in [5, 5.41) is 0.850. The Labute approximate surface area is 317 Å². The van der Waals surface area contributed by atoms with Crippen molar-refractivity contribution < 1.29 is 25.9 Å². The largest absolute Gasteiger partial charge is 0.497 e. The smallest absolute Gasteiger partial charge is 0.157 e. The van der Waals surface area contributed by atoms with Crippen LogP contribution in [0.25, 0.3) is 66.8 Å². The van der Waals surface area contributed by atoms with E-state index in [1.54, 1.807) is 18.6 Å². The summed E-state index contributed by atoms with van der Waals surface area (Å²) in [6.45, 7) is 1.81. The van der Waals surface area contributed by atoms with Crippen molar-refractivity contribution in [3.63, 3.8) is 0 Å². The van der Waals surface area contributed by atoms with E-state index in [0.29, 0.717) is 22.5 Å². The van der Waals surface area contributed by atoms with Gasteiger partial charge in [0.1, 0.15) is 11.3 Å². The van der Waals surface area contributed by atoms with E-state index < -0.39 is 5.89 Å². The normalized spacial score (nSPS) is 12.2. The fourth-order valence-corrected chi connectivity index (χ4v) is 6.04. The van der Waals surface area contributed by atoms with Crippen molar-refractivity contribution in [2.24, 2.45) is 0 Å². The third kappa shape index (κ3) is 7.35. The fraction of sp³-hybridized carbons (Fsp3) is 0.0435. The summed E-state index contributed by atoms with van der Waals surface area (Å²) < 4.78 is 15.2. The Hall–Kier alpha value is -6.07. The molecule has 0 saturated heterocycles. The van der Waals surface area contributed by atoms with Crippen molar-refractivity contribution in [1.29, 1.82) is 0 Å². The molecule has 5 aromatic carbocycles. The second-order valence-corrected chi connectivity index (χ2v) is 12.0. The van der Waals surface area contributed by atoms with Gasteiger partial charge in [0, 0.05) is 39.8 Å². The molecule has 4 aromatic heterocycles. The number of nitrogens with zero attached hydrogens (tertiary/aromatic N) is 4. The van der Waals surface area contributed by atoms with Crippen molar-refractivity contribution in [1.82, 2.24) is 19.9 Å². The molecule has 0 bridgehead atoms. The summed E-state index contributed by atoms with van der Waals surface area (Å²) in [4.78, 5) is 18.2. The molecule has 9 rings (SSSR count). The predicted octanol–water partition coefficient (Wildman–Crippen LogP) is 11.3. The molecule has 0 spiro atoms. The monoisotopic (exact) mass is 850 g/mol. The van der Waals surface area contributed by atoms with Crippen LogP contribution in [-0.4, -0.2) is 19.9 Å². The maximum atomic E-state index is 8.96. The van der Waals surface area contributed by atoms with Crippen molar-refractivity contribution in [2.75, 3.05) is 0 Å². The molecule has 5 nitrogen and oxygen atoms in total. The summed E-state index contributed by atoms with van der Waals surface area (Å²) in [7, 11) is 0. The van der Waals surface area contributed by atoms with Gasteiger partial charge < -0.3 is 14.4 Å². The first-order valence-electron chi connectivity index (χ1n) is 17.2. The van der Waals surface area contributed by atoms with Gasteiger partial charge in [0.2, 0.25) is 0 Å². The molecule has 9 aromatic rings. The van der Waals surface area contributed by atoms with Crippen LogP contribution in [0, 0.1) is 12.1 Å². The van der Waals surface area contributed by atoms with Gasteiger partial charge in [-0.25, -0.2) is 9.97 Å². The Kier molecular flexibility index (Phi) is 10.1. The number of hydrogen-bond acceptors (Lipinski definition) is 5.